The topological polar surface area (TPSA) is 307 Å². The van der Waals surface area contributed by atoms with Gasteiger partial charge in [0, 0.05) is 6.42 Å². The number of allylic oxidation sites excluding steroid dienone is 11. The van der Waals surface area contributed by atoms with Gasteiger partial charge in [-0.3, -0.25) is 4.79 Å². The van der Waals surface area contributed by atoms with Gasteiger partial charge in [0.05, 0.1) is 38.6 Å². The van der Waals surface area contributed by atoms with Crippen molar-refractivity contribution in [2.24, 2.45) is 0 Å². The predicted octanol–water partition coefficient (Wildman–Crippen LogP) is 9.33. The molecule has 0 aromatic rings. The molecule has 0 bridgehead atoms. The van der Waals surface area contributed by atoms with E-state index in [-0.39, 0.29) is 18.9 Å². The van der Waals surface area contributed by atoms with Crippen molar-refractivity contribution in [2.75, 3.05) is 26.4 Å². The summed E-state index contributed by atoms with van der Waals surface area (Å²) < 4.78 is 34.3. The number of amides is 1. The van der Waals surface area contributed by atoms with Crippen molar-refractivity contribution in [3.63, 3.8) is 0 Å². The van der Waals surface area contributed by atoms with Crippen molar-refractivity contribution in [2.45, 2.75) is 343 Å². The summed E-state index contributed by atoms with van der Waals surface area (Å²) in [5.74, 6) is -0.289. The molecule has 0 spiro atoms. The average Bonchev–Trinajstić information content (AvgIpc) is 0.847. The highest BCUT2D eigenvalue weighted by atomic mass is 16.8. The molecule has 17 unspecified atom stereocenters. The number of aliphatic hydroxyl groups is 11. The first-order chi connectivity index (χ1) is 43.8. The number of aliphatic hydroxyl groups excluding tert-OH is 11. The fourth-order valence-corrected chi connectivity index (χ4v) is 11.6. The Hall–Kier alpha value is -2.77. The molecule has 17 atom stereocenters. The summed E-state index contributed by atoms with van der Waals surface area (Å²) in [5, 5.41) is 121. The largest absolute Gasteiger partial charge is 0.394 e. The van der Waals surface area contributed by atoms with Gasteiger partial charge in [-0.1, -0.05) is 234 Å². The molecule has 19 nitrogen and oxygen atoms in total. The summed E-state index contributed by atoms with van der Waals surface area (Å²) >= 11 is 0. The molecular weight excluding hydrogens is 1150 g/mol. The van der Waals surface area contributed by atoms with E-state index in [0.29, 0.717) is 12.8 Å². The van der Waals surface area contributed by atoms with E-state index in [1.54, 1.807) is 6.08 Å². The Kier molecular flexibility index (Phi) is 47.5. The van der Waals surface area contributed by atoms with Crippen LogP contribution in [0.1, 0.15) is 239 Å². The molecule has 3 aliphatic heterocycles. The van der Waals surface area contributed by atoms with Gasteiger partial charge in [-0.25, -0.2) is 0 Å². The van der Waals surface area contributed by atoms with E-state index in [0.717, 1.165) is 77.0 Å². The Balaban J connectivity index is 1.44. The van der Waals surface area contributed by atoms with Crippen molar-refractivity contribution in [3.05, 3.63) is 72.9 Å². The van der Waals surface area contributed by atoms with Crippen molar-refractivity contribution >= 4 is 5.91 Å². The third kappa shape index (κ3) is 34.1. The SMILES string of the molecule is CC/C=C\C/C=C\C/C=C\C/C=C\CCCCCCCCCCCCCCC(=O)NC(COC1OC(CO)C(OC2OC(CO)C(OC3OC(CO)C(O)C(O)C3O)C(O)C2O)C(O)C1O)C(O)/C=C/CC/C=C/CCCCCCCCCCCCCCCC. The van der Waals surface area contributed by atoms with Gasteiger partial charge >= 0.3 is 0 Å². The summed E-state index contributed by atoms with van der Waals surface area (Å²) in [6, 6.07) is -0.995. The number of hydrogen-bond acceptors (Lipinski definition) is 18. The fourth-order valence-electron chi connectivity index (χ4n) is 11.6. The fraction of sp³-hybridized carbons (Fsp3) is 0.817. The van der Waals surface area contributed by atoms with E-state index in [2.05, 4.69) is 79.9 Å². The number of rotatable bonds is 53. The van der Waals surface area contributed by atoms with Crippen LogP contribution in [0, 0.1) is 0 Å². The maximum Gasteiger partial charge on any atom is 0.220 e. The lowest BCUT2D eigenvalue weighted by Gasteiger charge is -2.48. The predicted molar refractivity (Wildman–Crippen MR) is 351 cm³/mol. The maximum absolute atomic E-state index is 13.4. The lowest BCUT2D eigenvalue weighted by atomic mass is 9.96. The smallest absolute Gasteiger partial charge is 0.220 e. The minimum absolute atomic E-state index is 0.230. The Morgan fingerprint density at radius 1 is 0.411 bits per heavy atom. The number of unbranched alkanes of at least 4 members (excludes halogenated alkanes) is 27. The maximum atomic E-state index is 13.4. The number of hydrogen-bond donors (Lipinski definition) is 12. The summed E-state index contributed by atoms with van der Waals surface area (Å²) in [4.78, 5) is 13.4. The molecule has 522 valence electrons. The first-order valence-electron chi connectivity index (χ1n) is 35.2. The minimum Gasteiger partial charge on any atom is -0.394 e. The second-order valence-corrected chi connectivity index (χ2v) is 25.0. The van der Waals surface area contributed by atoms with E-state index in [1.165, 1.54) is 128 Å². The number of carbonyl (C=O) groups is 1. The van der Waals surface area contributed by atoms with Gasteiger partial charge in [0.15, 0.2) is 18.9 Å². The first-order valence-corrected chi connectivity index (χ1v) is 35.2. The van der Waals surface area contributed by atoms with Crippen LogP contribution in [0.25, 0.3) is 0 Å². The van der Waals surface area contributed by atoms with Gasteiger partial charge in [-0.05, 0) is 70.6 Å². The quantitative estimate of drug-likeness (QED) is 0.0199. The standard InChI is InChI=1S/C71H125NO18/c1-3-5-7-9-11-13-15-17-19-21-23-25-26-27-28-29-31-33-35-37-39-41-43-45-47-49-59(77)72-54(55(76)48-46-44-42-40-38-36-34-32-30-24-22-20-18-16-14-12-10-8-6-4-2)53-85-69-65(83)62(80)67(57(51-74)87-69)90-71-66(84)63(81)68(58(52-75)88-71)89-70-64(82)61(79)60(78)56(50-73)86-70/h5,7,11,13,17,19,23,25,38,40,46,48,54-58,60-71,73-76,78-84H,3-4,6,8-10,12,14-16,18,20-22,24,26-37,39,41-45,47,49-53H2,1-2H3,(H,72,77)/b7-5-,13-11-,19-17-,25-23-,40-38+,48-46+. The summed E-state index contributed by atoms with van der Waals surface area (Å²) in [6.45, 7) is 1.61. The van der Waals surface area contributed by atoms with Crippen molar-refractivity contribution in [3.8, 4) is 0 Å². The normalized spacial score (nSPS) is 28.5. The molecule has 19 heteroatoms. The van der Waals surface area contributed by atoms with Gasteiger partial charge in [0.2, 0.25) is 5.91 Å². The van der Waals surface area contributed by atoms with Crippen LogP contribution < -0.4 is 5.32 Å². The van der Waals surface area contributed by atoms with Crippen LogP contribution in [-0.4, -0.2) is 193 Å². The molecule has 3 rings (SSSR count). The van der Waals surface area contributed by atoms with E-state index in [9.17, 15) is 61.0 Å². The van der Waals surface area contributed by atoms with Crippen LogP contribution in [0.5, 0.6) is 0 Å². The lowest BCUT2D eigenvalue weighted by molar-refractivity contribution is -0.379. The Morgan fingerprint density at radius 2 is 0.778 bits per heavy atom. The molecule has 0 radical (unpaired) electrons. The van der Waals surface area contributed by atoms with Gasteiger partial charge in [-0.2, -0.15) is 0 Å². The van der Waals surface area contributed by atoms with Crippen LogP contribution in [0.15, 0.2) is 72.9 Å². The number of ether oxygens (including phenoxy) is 6. The number of carbonyl (C=O) groups excluding carboxylic acids is 1. The highest BCUT2D eigenvalue weighted by molar-refractivity contribution is 5.76. The molecule has 90 heavy (non-hydrogen) atoms. The monoisotopic (exact) mass is 1280 g/mol. The molecular formula is C71H125NO18. The molecule has 3 saturated heterocycles. The molecule has 0 aromatic heterocycles. The van der Waals surface area contributed by atoms with Crippen molar-refractivity contribution in [1.82, 2.24) is 5.32 Å². The van der Waals surface area contributed by atoms with Crippen molar-refractivity contribution in [1.29, 1.82) is 0 Å². The third-order valence-electron chi connectivity index (χ3n) is 17.2. The zero-order valence-corrected chi connectivity index (χ0v) is 55.1. The Labute approximate surface area is 540 Å². The van der Waals surface area contributed by atoms with E-state index in [1.807, 2.05) is 6.08 Å². The average molecular weight is 1280 g/mol. The Bertz CT molecular complexity index is 1920. The molecule has 0 saturated carbocycles. The molecule has 3 aliphatic rings. The van der Waals surface area contributed by atoms with Crippen LogP contribution in [0.3, 0.4) is 0 Å². The third-order valence-corrected chi connectivity index (χ3v) is 17.2. The van der Waals surface area contributed by atoms with Crippen LogP contribution >= 0.6 is 0 Å². The van der Waals surface area contributed by atoms with Gasteiger partial charge in [0.25, 0.3) is 0 Å². The molecule has 12 N–H and O–H groups in total. The lowest BCUT2D eigenvalue weighted by Crippen LogP contribution is -2.66. The molecule has 3 heterocycles. The van der Waals surface area contributed by atoms with Gasteiger partial charge in [0.1, 0.15) is 73.2 Å². The van der Waals surface area contributed by atoms with E-state index < -0.39 is 124 Å². The van der Waals surface area contributed by atoms with Gasteiger partial charge in [-0.15, -0.1) is 0 Å². The second-order valence-electron chi connectivity index (χ2n) is 25.0. The molecule has 0 aromatic carbocycles. The van der Waals surface area contributed by atoms with Crippen LogP contribution in [-0.2, 0) is 33.2 Å². The molecule has 1 amide bonds. The molecule has 0 aliphatic carbocycles. The van der Waals surface area contributed by atoms with Crippen LogP contribution in [0.4, 0.5) is 0 Å². The Morgan fingerprint density at radius 3 is 1.24 bits per heavy atom. The van der Waals surface area contributed by atoms with E-state index >= 15 is 0 Å². The van der Waals surface area contributed by atoms with Gasteiger partial charge < -0.3 is 89.9 Å². The highest BCUT2D eigenvalue weighted by Gasteiger charge is 2.53. The summed E-state index contributed by atoms with van der Waals surface area (Å²) in [6.07, 6.45) is 38.7. The highest BCUT2D eigenvalue weighted by Crippen LogP contribution is 2.33. The zero-order valence-electron chi connectivity index (χ0n) is 55.1. The summed E-state index contributed by atoms with van der Waals surface area (Å²) in [7, 11) is 0. The van der Waals surface area contributed by atoms with Crippen LogP contribution in [0.2, 0.25) is 0 Å². The first kappa shape index (κ1) is 81.5. The number of nitrogens with one attached hydrogen (secondary N) is 1. The molecule has 3 fully saturated rings. The zero-order chi connectivity index (χ0) is 65.4. The minimum atomic E-state index is -1.98. The second kappa shape index (κ2) is 52.5. The summed E-state index contributed by atoms with van der Waals surface area (Å²) in [5.41, 5.74) is 0. The van der Waals surface area contributed by atoms with Crippen molar-refractivity contribution < 1.29 is 89.4 Å². The van der Waals surface area contributed by atoms with E-state index in [4.69, 9.17) is 28.4 Å².